The van der Waals surface area contributed by atoms with Gasteiger partial charge in [0, 0.05) is 13.1 Å². The third kappa shape index (κ3) is 2.86. The molecule has 17 heavy (non-hydrogen) atoms. The molecule has 0 spiro atoms. The number of nitrogens with two attached hydrogens (primary N) is 1. The van der Waals surface area contributed by atoms with Gasteiger partial charge in [-0.2, -0.15) is 0 Å². The van der Waals surface area contributed by atoms with Gasteiger partial charge in [-0.15, -0.1) is 0 Å². The third-order valence-electron chi connectivity index (χ3n) is 3.39. The molecule has 3 heteroatoms. The average Bonchev–Trinajstić information content (AvgIpc) is 2.37. The Bertz CT molecular complexity index is 373. The van der Waals surface area contributed by atoms with E-state index in [1.807, 2.05) is 44.3 Å². The van der Waals surface area contributed by atoms with E-state index in [0.29, 0.717) is 0 Å². The van der Waals surface area contributed by atoms with Crippen LogP contribution in [0.1, 0.15) is 32.8 Å². The van der Waals surface area contributed by atoms with Crippen LogP contribution >= 0.6 is 0 Å². The summed E-state index contributed by atoms with van der Waals surface area (Å²) in [6.07, 6.45) is 0.924. The van der Waals surface area contributed by atoms with Gasteiger partial charge in [-0.1, -0.05) is 37.3 Å². The van der Waals surface area contributed by atoms with Crippen molar-refractivity contribution in [2.24, 2.45) is 5.73 Å². The van der Waals surface area contributed by atoms with Gasteiger partial charge in [0.15, 0.2) is 0 Å². The summed E-state index contributed by atoms with van der Waals surface area (Å²) in [6.45, 7) is 5.85. The van der Waals surface area contributed by atoms with Crippen molar-refractivity contribution < 1.29 is 4.79 Å². The first-order valence-corrected chi connectivity index (χ1v) is 6.03. The van der Waals surface area contributed by atoms with E-state index < -0.39 is 5.54 Å². The van der Waals surface area contributed by atoms with E-state index in [1.54, 1.807) is 11.8 Å². The maximum atomic E-state index is 12.4. The van der Waals surface area contributed by atoms with E-state index in [1.165, 1.54) is 0 Å². The molecule has 0 fully saturated rings. The molecule has 0 aliphatic carbocycles. The van der Waals surface area contributed by atoms with Crippen molar-refractivity contribution in [1.82, 2.24) is 4.90 Å². The largest absolute Gasteiger partial charge is 0.341 e. The Kier molecular flexibility index (Phi) is 4.29. The van der Waals surface area contributed by atoms with E-state index in [4.69, 9.17) is 5.73 Å². The third-order valence-corrected chi connectivity index (χ3v) is 3.39. The van der Waals surface area contributed by atoms with Gasteiger partial charge >= 0.3 is 0 Å². The monoisotopic (exact) mass is 234 g/mol. The number of hydrogen-bond acceptors (Lipinski definition) is 2. The Labute approximate surface area is 104 Å². The predicted molar refractivity (Wildman–Crippen MR) is 70.5 cm³/mol. The topological polar surface area (TPSA) is 46.3 Å². The van der Waals surface area contributed by atoms with Crippen molar-refractivity contribution in [3.8, 4) is 0 Å². The SMILES string of the molecule is CCC(C)N(C)C(=O)C(C)(N)c1ccccc1. The highest BCUT2D eigenvalue weighted by molar-refractivity contribution is 5.87. The zero-order chi connectivity index (χ0) is 13.1. The van der Waals surface area contributed by atoms with Gasteiger partial charge in [0.1, 0.15) is 5.54 Å². The molecule has 0 radical (unpaired) electrons. The molecule has 94 valence electrons. The van der Waals surface area contributed by atoms with Crippen molar-refractivity contribution in [2.45, 2.75) is 38.8 Å². The maximum absolute atomic E-state index is 12.4. The van der Waals surface area contributed by atoms with Crippen molar-refractivity contribution in [1.29, 1.82) is 0 Å². The zero-order valence-corrected chi connectivity index (χ0v) is 11.1. The lowest BCUT2D eigenvalue weighted by molar-refractivity contribution is -0.137. The molecule has 3 nitrogen and oxygen atoms in total. The van der Waals surface area contributed by atoms with Crippen LogP contribution in [0, 0.1) is 0 Å². The fraction of sp³-hybridized carbons (Fsp3) is 0.500. The molecular weight excluding hydrogens is 212 g/mol. The van der Waals surface area contributed by atoms with Crippen molar-refractivity contribution in [3.05, 3.63) is 35.9 Å². The Balaban J connectivity index is 2.95. The second-order valence-electron chi connectivity index (χ2n) is 4.74. The van der Waals surface area contributed by atoms with Crippen LogP contribution in [0.5, 0.6) is 0 Å². The lowest BCUT2D eigenvalue weighted by atomic mass is 9.91. The quantitative estimate of drug-likeness (QED) is 0.867. The van der Waals surface area contributed by atoms with E-state index in [2.05, 4.69) is 6.92 Å². The van der Waals surface area contributed by atoms with E-state index >= 15 is 0 Å². The molecule has 1 aromatic rings. The molecule has 0 aliphatic heterocycles. The molecule has 1 amide bonds. The van der Waals surface area contributed by atoms with Gasteiger partial charge in [0.05, 0.1) is 0 Å². The van der Waals surface area contributed by atoms with Gasteiger partial charge < -0.3 is 10.6 Å². The highest BCUT2D eigenvalue weighted by atomic mass is 16.2. The summed E-state index contributed by atoms with van der Waals surface area (Å²) in [5.41, 5.74) is 6.07. The predicted octanol–water partition coefficient (Wildman–Crippen LogP) is 2.12. The fourth-order valence-corrected chi connectivity index (χ4v) is 1.75. The highest BCUT2D eigenvalue weighted by Gasteiger charge is 2.34. The standard InChI is InChI=1S/C14H22N2O/c1-5-11(2)16(4)13(17)14(3,15)12-9-7-6-8-10-12/h6-11H,5,15H2,1-4H3. The molecule has 1 aromatic carbocycles. The molecule has 2 N–H and O–H groups in total. The Hall–Kier alpha value is -1.35. The molecule has 2 unspecified atom stereocenters. The molecule has 1 rings (SSSR count). The minimum absolute atomic E-state index is 0.0435. The van der Waals surface area contributed by atoms with E-state index in [-0.39, 0.29) is 11.9 Å². The maximum Gasteiger partial charge on any atom is 0.246 e. The smallest absolute Gasteiger partial charge is 0.246 e. The van der Waals surface area contributed by atoms with Gasteiger partial charge in [0.25, 0.3) is 0 Å². The van der Waals surface area contributed by atoms with Gasteiger partial charge in [-0.05, 0) is 25.8 Å². The van der Waals surface area contributed by atoms with Crippen LogP contribution in [-0.2, 0) is 10.3 Å². The number of hydrogen-bond donors (Lipinski definition) is 1. The van der Waals surface area contributed by atoms with Gasteiger partial charge in [-0.3, -0.25) is 4.79 Å². The number of benzene rings is 1. The second kappa shape index (κ2) is 5.32. The molecule has 0 bridgehead atoms. The van der Waals surface area contributed by atoms with Gasteiger partial charge in [-0.25, -0.2) is 0 Å². The fourth-order valence-electron chi connectivity index (χ4n) is 1.75. The first kappa shape index (κ1) is 13.7. The summed E-state index contributed by atoms with van der Waals surface area (Å²) in [4.78, 5) is 14.1. The van der Waals surface area contributed by atoms with Crippen LogP contribution in [0.3, 0.4) is 0 Å². The van der Waals surface area contributed by atoms with Crippen LogP contribution in [0.15, 0.2) is 30.3 Å². The molecule has 0 aliphatic rings. The van der Waals surface area contributed by atoms with E-state index in [0.717, 1.165) is 12.0 Å². The number of carbonyl (C=O) groups is 1. The lowest BCUT2D eigenvalue weighted by Crippen LogP contribution is -2.51. The number of likely N-dealkylation sites (N-methyl/N-ethyl adjacent to an activating group) is 1. The molecule has 0 saturated carbocycles. The normalized spacial score (nSPS) is 16.1. The summed E-state index contributed by atoms with van der Waals surface area (Å²) in [6, 6.07) is 9.70. The van der Waals surface area contributed by atoms with Crippen LogP contribution in [-0.4, -0.2) is 23.9 Å². The first-order chi connectivity index (χ1) is 7.91. The second-order valence-corrected chi connectivity index (χ2v) is 4.74. The molecule has 2 atom stereocenters. The molecular formula is C14H22N2O. The van der Waals surface area contributed by atoms with Crippen molar-refractivity contribution in [2.75, 3.05) is 7.05 Å². The number of carbonyl (C=O) groups excluding carboxylic acids is 1. The Morgan fingerprint density at radius 2 is 1.94 bits per heavy atom. The lowest BCUT2D eigenvalue weighted by Gasteiger charge is -2.33. The van der Waals surface area contributed by atoms with E-state index in [9.17, 15) is 4.79 Å². The highest BCUT2D eigenvalue weighted by Crippen LogP contribution is 2.21. The number of amides is 1. The Morgan fingerprint density at radius 3 is 2.41 bits per heavy atom. The van der Waals surface area contributed by atoms with Crippen LogP contribution in [0.25, 0.3) is 0 Å². The summed E-state index contributed by atoms with van der Waals surface area (Å²) in [5.74, 6) is -0.0435. The van der Waals surface area contributed by atoms with Crippen LogP contribution < -0.4 is 5.73 Å². The summed E-state index contributed by atoms with van der Waals surface area (Å²) >= 11 is 0. The minimum atomic E-state index is -0.959. The minimum Gasteiger partial charge on any atom is -0.341 e. The van der Waals surface area contributed by atoms with Crippen LogP contribution in [0.4, 0.5) is 0 Å². The average molecular weight is 234 g/mol. The summed E-state index contributed by atoms with van der Waals surface area (Å²) in [5, 5.41) is 0. The molecule has 0 aromatic heterocycles. The van der Waals surface area contributed by atoms with Crippen molar-refractivity contribution in [3.63, 3.8) is 0 Å². The molecule has 0 saturated heterocycles. The Morgan fingerprint density at radius 1 is 1.41 bits per heavy atom. The first-order valence-electron chi connectivity index (χ1n) is 6.03. The van der Waals surface area contributed by atoms with Crippen LogP contribution in [0.2, 0.25) is 0 Å². The molecule has 0 heterocycles. The summed E-state index contributed by atoms with van der Waals surface area (Å²) < 4.78 is 0. The van der Waals surface area contributed by atoms with Gasteiger partial charge in [0.2, 0.25) is 5.91 Å². The van der Waals surface area contributed by atoms with Crippen molar-refractivity contribution >= 4 is 5.91 Å². The number of nitrogens with zero attached hydrogens (tertiary/aromatic N) is 1. The zero-order valence-electron chi connectivity index (χ0n) is 11.1. The number of rotatable bonds is 4. The summed E-state index contributed by atoms with van der Waals surface area (Å²) in [7, 11) is 1.81.